The van der Waals surface area contributed by atoms with Crippen LogP contribution in [0.2, 0.25) is 0 Å². The maximum absolute atomic E-state index is 12.7. The highest BCUT2D eigenvalue weighted by Gasteiger charge is 2.12. The SMILES string of the molecule is CCOc1cc(C(=O)Nc2ccc(CCN(C)C)cc2)ccc1OCc1cccnc1. The Kier molecular flexibility index (Phi) is 8.01. The van der Waals surface area contributed by atoms with E-state index in [1.165, 1.54) is 5.56 Å². The molecule has 0 saturated carbocycles. The number of pyridine rings is 1. The molecule has 2 aromatic carbocycles. The number of ether oxygens (including phenoxy) is 2. The zero-order valence-corrected chi connectivity index (χ0v) is 18.3. The summed E-state index contributed by atoms with van der Waals surface area (Å²) in [6.07, 6.45) is 4.45. The molecule has 0 radical (unpaired) electrons. The third-order valence-electron chi connectivity index (χ3n) is 4.68. The number of nitrogens with one attached hydrogen (secondary N) is 1. The van der Waals surface area contributed by atoms with Gasteiger partial charge in [0.25, 0.3) is 5.91 Å². The maximum atomic E-state index is 12.7. The summed E-state index contributed by atoms with van der Waals surface area (Å²) < 4.78 is 11.6. The minimum atomic E-state index is -0.194. The molecule has 1 N–H and O–H groups in total. The Bertz CT molecular complexity index is 973. The Morgan fingerprint density at radius 2 is 1.81 bits per heavy atom. The van der Waals surface area contributed by atoms with Gasteiger partial charge in [-0.1, -0.05) is 18.2 Å². The lowest BCUT2D eigenvalue weighted by atomic mass is 10.1. The van der Waals surface area contributed by atoms with Crippen molar-refractivity contribution in [1.29, 1.82) is 0 Å². The second kappa shape index (κ2) is 11.1. The van der Waals surface area contributed by atoms with E-state index in [0.717, 1.165) is 24.2 Å². The van der Waals surface area contributed by atoms with Crippen LogP contribution in [0, 0.1) is 0 Å². The van der Waals surface area contributed by atoms with Crippen molar-refractivity contribution in [1.82, 2.24) is 9.88 Å². The van der Waals surface area contributed by atoms with Crippen molar-refractivity contribution in [2.45, 2.75) is 20.0 Å². The number of anilines is 1. The summed E-state index contributed by atoms with van der Waals surface area (Å²) in [5.41, 5.74) is 3.46. The van der Waals surface area contributed by atoms with Crippen molar-refractivity contribution in [2.75, 3.05) is 32.6 Å². The average molecular weight is 420 g/mol. The average Bonchev–Trinajstić information content (AvgIpc) is 2.78. The number of benzene rings is 2. The molecule has 3 aromatic rings. The summed E-state index contributed by atoms with van der Waals surface area (Å²) in [5.74, 6) is 0.936. The van der Waals surface area contributed by atoms with Gasteiger partial charge in [-0.2, -0.15) is 0 Å². The summed E-state index contributed by atoms with van der Waals surface area (Å²) in [6.45, 7) is 3.74. The highest BCUT2D eigenvalue weighted by Crippen LogP contribution is 2.29. The largest absolute Gasteiger partial charge is 0.490 e. The van der Waals surface area contributed by atoms with E-state index >= 15 is 0 Å². The maximum Gasteiger partial charge on any atom is 0.255 e. The number of aromatic nitrogens is 1. The summed E-state index contributed by atoms with van der Waals surface area (Å²) in [5, 5.41) is 2.94. The molecule has 31 heavy (non-hydrogen) atoms. The molecule has 3 rings (SSSR count). The van der Waals surface area contributed by atoms with E-state index in [9.17, 15) is 4.79 Å². The molecule has 6 heteroatoms. The molecule has 0 spiro atoms. The Hall–Kier alpha value is -3.38. The van der Waals surface area contributed by atoms with Gasteiger partial charge in [0.1, 0.15) is 6.61 Å². The van der Waals surface area contributed by atoms with Gasteiger partial charge >= 0.3 is 0 Å². The fourth-order valence-electron chi connectivity index (χ4n) is 2.99. The third kappa shape index (κ3) is 6.83. The van der Waals surface area contributed by atoms with Crippen molar-refractivity contribution in [3.63, 3.8) is 0 Å². The molecule has 0 aliphatic carbocycles. The van der Waals surface area contributed by atoms with E-state index < -0.39 is 0 Å². The van der Waals surface area contributed by atoms with Crippen LogP contribution in [0.25, 0.3) is 0 Å². The molecule has 0 saturated heterocycles. The Balaban J connectivity index is 1.65. The first-order chi connectivity index (χ1) is 15.0. The van der Waals surface area contributed by atoms with Crippen molar-refractivity contribution >= 4 is 11.6 Å². The van der Waals surface area contributed by atoms with Crippen LogP contribution in [0.4, 0.5) is 5.69 Å². The third-order valence-corrected chi connectivity index (χ3v) is 4.68. The number of hydrogen-bond donors (Lipinski definition) is 1. The predicted octanol–water partition coefficient (Wildman–Crippen LogP) is 4.42. The van der Waals surface area contributed by atoms with Crippen molar-refractivity contribution in [2.24, 2.45) is 0 Å². The summed E-state index contributed by atoms with van der Waals surface area (Å²) in [4.78, 5) is 19.0. The Morgan fingerprint density at radius 1 is 1.00 bits per heavy atom. The number of amides is 1. The molecule has 0 unspecified atom stereocenters. The molecule has 0 fully saturated rings. The Labute approximate surface area is 183 Å². The van der Waals surface area contributed by atoms with Crippen LogP contribution in [-0.4, -0.2) is 43.0 Å². The molecular formula is C25H29N3O3. The zero-order valence-electron chi connectivity index (χ0n) is 18.3. The quantitative estimate of drug-likeness (QED) is 0.527. The molecular weight excluding hydrogens is 390 g/mol. The summed E-state index contributed by atoms with van der Waals surface area (Å²) in [6, 6.07) is 17.0. The fourth-order valence-corrected chi connectivity index (χ4v) is 2.99. The van der Waals surface area contributed by atoms with E-state index in [0.29, 0.717) is 30.3 Å². The zero-order chi connectivity index (χ0) is 22.1. The minimum Gasteiger partial charge on any atom is -0.490 e. The van der Waals surface area contributed by atoms with Gasteiger partial charge in [-0.25, -0.2) is 0 Å². The van der Waals surface area contributed by atoms with Crippen molar-refractivity contribution in [3.8, 4) is 11.5 Å². The lowest BCUT2D eigenvalue weighted by molar-refractivity contribution is 0.102. The highest BCUT2D eigenvalue weighted by atomic mass is 16.5. The van der Waals surface area contributed by atoms with Gasteiger partial charge < -0.3 is 19.7 Å². The summed E-state index contributed by atoms with van der Waals surface area (Å²) in [7, 11) is 4.11. The number of carbonyl (C=O) groups is 1. The minimum absolute atomic E-state index is 0.194. The molecule has 1 aromatic heterocycles. The predicted molar refractivity (Wildman–Crippen MR) is 123 cm³/mol. The van der Waals surface area contributed by atoms with Crippen LogP contribution in [0.3, 0.4) is 0 Å². The number of nitrogens with zero attached hydrogens (tertiary/aromatic N) is 2. The van der Waals surface area contributed by atoms with Crippen molar-refractivity contribution < 1.29 is 14.3 Å². The van der Waals surface area contributed by atoms with Gasteiger partial charge in [0.05, 0.1) is 6.61 Å². The first-order valence-corrected chi connectivity index (χ1v) is 10.4. The normalized spacial score (nSPS) is 10.7. The van der Waals surface area contributed by atoms with Crippen LogP contribution in [0.1, 0.15) is 28.4 Å². The molecule has 0 atom stereocenters. The molecule has 1 heterocycles. The summed E-state index contributed by atoms with van der Waals surface area (Å²) >= 11 is 0. The van der Waals surface area contributed by atoms with E-state index in [2.05, 4.69) is 29.3 Å². The molecule has 6 nitrogen and oxygen atoms in total. The van der Waals surface area contributed by atoms with Crippen LogP contribution in [-0.2, 0) is 13.0 Å². The smallest absolute Gasteiger partial charge is 0.255 e. The van der Waals surface area contributed by atoms with E-state index in [4.69, 9.17) is 9.47 Å². The second-order valence-corrected chi connectivity index (χ2v) is 7.45. The van der Waals surface area contributed by atoms with E-state index in [1.54, 1.807) is 30.6 Å². The number of carbonyl (C=O) groups excluding carboxylic acids is 1. The molecule has 1 amide bonds. The number of likely N-dealkylation sites (N-methyl/N-ethyl adjacent to an activating group) is 1. The van der Waals surface area contributed by atoms with Gasteiger partial charge in [0.15, 0.2) is 11.5 Å². The van der Waals surface area contributed by atoms with Crippen molar-refractivity contribution in [3.05, 3.63) is 83.7 Å². The number of hydrogen-bond acceptors (Lipinski definition) is 5. The van der Waals surface area contributed by atoms with Gasteiger partial charge in [-0.15, -0.1) is 0 Å². The standard InChI is InChI=1S/C25H29N3O3/c1-4-30-24-16-21(9-12-23(24)31-18-20-6-5-14-26-17-20)25(29)27-22-10-7-19(8-11-22)13-15-28(2)3/h5-12,14,16-17H,4,13,15,18H2,1-3H3,(H,27,29). The molecule has 0 aliphatic heterocycles. The Morgan fingerprint density at radius 3 is 2.48 bits per heavy atom. The lowest BCUT2D eigenvalue weighted by Crippen LogP contribution is -2.15. The molecule has 162 valence electrons. The number of rotatable bonds is 10. The van der Waals surface area contributed by atoms with E-state index in [-0.39, 0.29) is 5.91 Å². The van der Waals surface area contributed by atoms with Crippen LogP contribution in [0.5, 0.6) is 11.5 Å². The topological polar surface area (TPSA) is 63.7 Å². The molecule has 0 aliphatic rings. The lowest BCUT2D eigenvalue weighted by Gasteiger charge is -2.14. The van der Waals surface area contributed by atoms with Crippen LogP contribution >= 0.6 is 0 Å². The molecule has 0 bridgehead atoms. The first kappa shape index (κ1) is 22.3. The first-order valence-electron chi connectivity index (χ1n) is 10.4. The highest BCUT2D eigenvalue weighted by molar-refractivity contribution is 6.04. The van der Waals surface area contributed by atoms with Crippen LogP contribution in [0.15, 0.2) is 67.0 Å². The second-order valence-electron chi connectivity index (χ2n) is 7.45. The van der Waals surface area contributed by atoms with Gasteiger partial charge in [-0.3, -0.25) is 9.78 Å². The monoisotopic (exact) mass is 419 g/mol. The van der Waals surface area contributed by atoms with Gasteiger partial charge in [-0.05, 0) is 69.4 Å². The van der Waals surface area contributed by atoms with Gasteiger partial charge in [0.2, 0.25) is 0 Å². The van der Waals surface area contributed by atoms with E-state index in [1.807, 2.05) is 43.3 Å². The van der Waals surface area contributed by atoms with Gasteiger partial charge in [0, 0.05) is 35.8 Å². The van der Waals surface area contributed by atoms with Crippen LogP contribution < -0.4 is 14.8 Å². The fraction of sp³-hybridized carbons (Fsp3) is 0.280.